The minimum absolute atomic E-state index is 0.0769. The smallest absolute Gasteiger partial charge is 0.258 e. The number of hydrogen-bond donors (Lipinski definition) is 1. The van der Waals surface area contributed by atoms with E-state index >= 15 is 0 Å². The summed E-state index contributed by atoms with van der Waals surface area (Å²) in [5.74, 6) is 0.265. The zero-order valence-electron chi connectivity index (χ0n) is 13.6. The van der Waals surface area contributed by atoms with Gasteiger partial charge in [0.2, 0.25) is 5.91 Å². The third kappa shape index (κ3) is 3.74. The molecule has 1 fully saturated rings. The first kappa shape index (κ1) is 16.1. The van der Waals surface area contributed by atoms with Crippen LogP contribution in [-0.4, -0.2) is 31.0 Å². The first-order valence-electron chi connectivity index (χ1n) is 7.99. The van der Waals surface area contributed by atoms with E-state index in [0.717, 1.165) is 11.3 Å². The fourth-order valence-corrected chi connectivity index (χ4v) is 2.70. The number of amides is 2. The lowest BCUT2D eigenvalue weighted by Crippen LogP contribution is -2.43. The topological polar surface area (TPSA) is 58.6 Å². The maximum absolute atomic E-state index is 12.5. The van der Waals surface area contributed by atoms with Crippen LogP contribution in [0.1, 0.15) is 12.0 Å². The second kappa shape index (κ2) is 7.17. The minimum atomic E-state index is -0.488. The van der Waals surface area contributed by atoms with E-state index < -0.39 is 6.04 Å². The van der Waals surface area contributed by atoms with Crippen molar-refractivity contribution < 1.29 is 14.3 Å². The van der Waals surface area contributed by atoms with E-state index in [4.69, 9.17) is 4.74 Å². The van der Waals surface area contributed by atoms with Gasteiger partial charge in [0, 0.05) is 12.2 Å². The number of carbonyl (C=O) groups excluding carboxylic acids is 2. The lowest BCUT2D eigenvalue weighted by Gasteiger charge is -2.17. The summed E-state index contributed by atoms with van der Waals surface area (Å²) >= 11 is 0. The normalized spacial score (nSPS) is 17.0. The summed E-state index contributed by atoms with van der Waals surface area (Å²) < 4.78 is 5.40. The van der Waals surface area contributed by atoms with Gasteiger partial charge < -0.3 is 15.0 Å². The highest BCUT2D eigenvalue weighted by molar-refractivity contribution is 6.01. The average Bonchev–Trinajstić information content (AvgIpc) is 2.95. The van der Waals surface area contributed by atoms with Crippen LogP contribution in [0.4, 0.5) is 5.69 Å². The number of nitrogens with zero attached hydrogens (tertiary/aromatic N) is 1. The van der Waals surface area contributed by atoms with Crippen molar-refractivity contribution in [2.24, 2.45) is 0 Å². The maximum atomic E-state index is 12.5. The van der Waals surface area contributed by atoms with Crippen molar-refractivity contribution in [2.75, 3.05) is 18.1 Å². The predicted octanol–water partition coefficient (Wildman–Crippen LogP) is 2.30. The molecule has 0 unspecified atom stereocenters. The molecule has 124 valence electrons. The van der Waals surface area contributed by atoms with Gasteiger partial charge in [-0.2, -0.15) is 0 Å². The Morgan fingerprint density at radius 1 is 1.17 bits per heavy atom. The summed E-state index contributed by atoms with van der Waals surface area (Å²) in [4.78, 5) is 26.2. The molecule has 3 rings (SSSR count). The van der Waals surface area contributed by atoms with Crippen molar-refractivity contribution in [1.82, 2.24) is 5.32 Å². The van der Waals surface area contributed by atoms with E-state index in [1.807, 2.05) is 49.4 Å². The number of nitrogens with one attached hydrogen (secondary N) is 1. The minimum Gasteiger partial charge on any atom is -0.484 e. The van der Waals surface area contributed by atoms with Gasteiger partial charge in [-0.25, -0.2) is 0 Å². The third-order valence-corrected chi connectivity index (χ3v) is 4.00. The van der Waals surface area contributed by atoms with Crippen molar-refractivity contribution in [3.63, 3.8) is 0 Å². The summed E-state index contributed by atoms with van der Waals surface area (Å²) in [6.45, 7) is 2.51. The molecule has 24 heavy (non-hydrogen) atoms. The van der Waals surface area contributed by atoms with Gasteiger partial charge in [0.15, 0.2) is 6.61 Å². The number of carbonyl (C=O) groups is 2. The van der Waals surface area contributed by atoms with Crippen LogP contribution < -0.4 is 15.0 Å². The van der Waals surface area contributed by atoms with E-state index in [1.165, 1.54) is 0 Å². The highest BCUT2D eigenvalue weighted by atomic mass is 16.5. The Morgan fingerprint density at radius 3 is 2.58 bits per heavy atom. The molecule has 2 aromatic carbocycles. The van der Waals surface area contributed by atoms with E-state index in [-0.39, 0.29) is 18.4 Å². The zero-order valence-corrected chi connectivity index (χ0v) is 13.6. The summed E-state index contributed by atoms with van der Waals surface area (Å²) in [6, 6.07) is 16.4. The fraction of sp³-hybridized carbons (Fsp3) is 0.263. The molecule has 0 bridgehead atoms. The molecule has 0 saturated carbocycles. The molecule has 1 aliphatic rings. The van der Waals surface area contributed by atoms with Crippen molar-refractivity contribution in [2.45, 2.75) is 19.4 Å². The number of aryl methyl sites for hydroxylation is 1. The second-order valence-corrected chi connectivity index (χ2v) is 5.84. The molecule has 5 heteroatoms. The van der Waals surface area contributed by atoms with Gasteiger partial charge >= 0.3 is 0 Å². The number of ether oxygens (including phenoxy) is 1. The van der Waals surface area contributed by atoms with Gasteiger partial charge in [-0.1, -0.05) is 35.9 Å². The summed E-state index contributed by atoms with van der Waals surface area (Å²) in [5, 5.41) is 2.75. The molecule has 1 aliphatic heterocycles. The fourth-order valence-electron chi connectivity index (χ4n) is 2.70. The molecule has 2 aromatic rings. The molecular weight excluding hydrogens is 304 g/mol. The first-order valence-corrected chi connectivity index (χ1v) is 7.99. The number of rotatable bonds is 5. The SMILES string of the molecule is Cc1ccc(N2CC[C@@H](NC(=O)COc3ccccc3)C2=O)cc1. The van der Waals surface area contributed by atoms with Crippen LogP contribution in [0.15, 0.2) is 54.6 Å². The Morgan fingerprint density at radius 2 is 1.88 bits per heavy atom. The summed E-state index contributed by atoms with van der Waals surface area (Å²) in [7, 11) is 0. The highest BCUT2D eigenvalue weighted by Gasteiger charge is 2.33. The average molecular weight is 324 g/mol. The van der Waals surface area contributed by atoms with Gasteiger partial charge in [0.25, 0.3) is 5.91 Å². The molecule has 0 aliphatic carbocycles. The number of anilines is 1. The molecular formula is C19H20N2O3. The molecule has 5 nitrogen and oxygen atoms in total. The Bertz CT molecular complexity index is 713. The van der Waals surface area contributed by atoms with Gasteiger partial charge in [0.05, 0.1) is 0 Å². The molecule has 1 saturated heterocycles. The number of hydrogen-bond acceptors (Lipinski definition) is 3. The van der Waals surface area contributed by atoms with Gasteiger partial charge in [-0.3, -0.25) is 9.59 Å². The Balaban J connectivity index is 1.53. The number of benzene rings is 2. The van der Waals surface area contributed by atoms with Crippen LogP contribution >= 0.6 is 0 Å². The Labute approximate surface area is 141 Å². The largest absolute Gasteiger partial charge is 0.484 e. The zero-order chi connectivity index (χ0) is 16.9. The van der Waals surface area contributed by atoms with Gasteiger partial charge in [-0.15, -0.1) is 0 Å². The third-order valence-electron chi connectivity index (χ3n) is 4.00. The Hall–Kier alpha value is -2.82. The van der Waals surface area contributed by atoms with Crippen LogP contribution in [0, 0.1) is 6.92 Å². The van der Waals surface area contributed by atoms with Gasteiger partial charge in [0.1, 0.15) is 11.8 Å². The molecule has 0 spiro atoms. The lowest BCUT2D eigenvalue weighted by molar-refractivity contribution is -0.127. The summed E-state index contributed by atoms with van der Waals surface area (Å²) in [5.41, 5.74) is 2.01. The standard InChI is InChI=1S/C19H20N2O3/c1-14-7-9-15(10-8-14)21-12-11-17(19(21)23)20-18(22)13-24-16-5-3-2-4-6-16/h2-10,17H,11-13H2,1H3,(H,20,22)/t17-/m1/s1. The second-order valence-electron chi connectivity index (χ2n) is 5.84. The van der Waals surface area contributed by atoms with E-state index in [0.29, 0.717) is 18.7 Å². The Kier molecular flexibility index (Phi) is 4.79. The molecule has 1 atom stereocenters. The van der Waals surface area contributed by atoms with Crippen LogP contribution in [0.5, 0.6) is 5.75 Å². The molecule has 1 heterocycles. The van der Waals surface area contributed by atoms with E-state index in [2.05, 4.69) is 5.32 Å². The van der Waals surface area contributed by atoms with Crippen LogP contribution in [-0.2, 0) is 9.59 Å². The predicted molar refractivity (Wildman–Crippen MR) is 92.0 cm³/mol. The van der Waals surface area contributed by atoms with Crippen molar-refractivity contribution in [1.29, 1.82) is 0 Å². The number of para-hydroxylation sites is 1. The van der Waals surface area contributed by atoms with E-state index in [9.17, 15) is 9.59 Å². The van der Waals surface area contributed by atoms with Crippen molar-refractivity contribution in [3.8, 4) is 5.75 Å². The highest BCUT2D eigenvalue weighted by Crippen LogP contribution is 2.22. The van der Waals surface area contributed by atoms with Crippen molar-refractivity contribution in [3.05, 3.63) is 60.2 Å². The van der Waals surface area contributed by atoms with Crippen molar-refractivity contribution >= 4 is 17.5 Å². The lowest BCUT2D eigenvalue weighted by atomic mass is 10.2. The molecule has 0 aromatic heterocycles. The van der Waals surface area contributed by atoms with Gasteiger partial charge in [-0.05, 0) is 37.6 Å². The molecule has 1 N–H and O–H groups in total. The quantitative estimate of drug-likeness (QED) is 0.918. The van der Waals surface area contributed by atoms with Crippen LogP contribution in [0.2, 0.25) is 0 Å². The van der Waals surface area contributed by atoms with Crippen LogP contribution in [0.25, 0.3) is 0 Å². The summed E-state index contributed by atoms with van der Waals surface area (Å²) in [6.07, 6.45) is 0.601. The molecule has 2 amide bonds. The maximum Gasteiger partial charge on any atom is 0.258 e. The van der Waals surface area contributed by atoms with Crippen LogP contribution in [0.3, 0.4) is 0 Å². The van der Waals surface area contributed by atoms with E-state index in [1.54, 1.807) is 17.0 Å². The monoisotopic (exact) mass is 324 g/mol. The molecule has 0 radical (unpaired) electrons. The first-order chi connectivity index (χ1) is 11.6.